The van der Waals surface area contributed by atoms with Gasteiger partial charge in [0, 0.05) is 0 Å². The van der Waals surface area contributed by atoms with Crippen molar-refractivity contribution in [2.75, 3.05) is 6.61 Å². The van der Waals surface area contributed by atoms with Gasteiger partial charge in [-0.05, 0) is 0 Å². The molecule has 3 nitrogen and oxygen atoms in total. The van der Waals surface area contributed by atoms with Gasteiger partial charge in [-0.15, -0.1) is 0 Å². The Hall–Kier alpha value is -0.570. The predicted molar refractivity (Wildman–Crippen MR) is 22.3 cm³/mol. The fourth-order valence-electron chi connectivity index (χ4n) is 0.564. The molecule has 1 aliphatic heterocycles. The van der Waals surface area contributed by atoms with Crippen LogP contribution in [-0.4, -0.2) is 18.6 Å². The molecule has 0 radical (unpaired) electrons. The van der Waals surface area contributed by atoms with E-state index < -0.39 is 0 Å². The quantitative estimate of drug-likeness (QED) is 0.380. The number of cyclic esters (lactones) is 1. The molecule has 0 amide bonds. The van der Waals surface area contributed by atoms with Crippen molar-refractivity contribution in [2.24, 2.45) is 0 Å². The summed E-state index contributed by atoms with van der Waals surface area (Å²) >= 11 is 0. The summed E-state index contributed by atoms with van der Waals surface area (Å²) in [7, 11) is 0. The van der Waals surface area contributed by atoms with Crippen LogP contribution in [0.3, 0.4) is 0 Å². The van der Waals surface area contributed by atoms with Crippen LogP contribution in [0.5, 0.6) is 0 Å². The minimum Gasteiger partial charge on any atom is -0.459 e. The van der Waals surface area contributed by atoms with Crippen molar-refractivity contribution in [1.82, 2.24) is 0 Å². The van der Waals surface area contributed by atoms with E-state index in [1.54, 1.807) is 0 Å². The van der Waals surface area contributed by atoms with E-state index in [1.807, 2.05) is 0 Å². The van der Waals surface area contributed by atoms with E-state index in [2.05, 4.69) is 10.5 Å². The number of esters is 1. The summed E-state index contributed by atoms with van der Waals surface area (Å²) in [6, 6.07) is 0.201. The number of carbonyl (C=O) groups excluding carboxylic acids is 1. The van der Waals surface area contributed by atoms with Gasteiger partial charge in [0.2, 0.25) is 0 Å². The van der Waals surface area contributed by atoms with Gasteiger partial charge in [-0.2, -0.15) is 0 Å². The monoisotopic (exact) mass is 102 g/mol. The van der Waals surface area contributed by atoms with Crippen molar-refractivity contribution >= 4 is 5.97 Å². The Bertz CT molecular complexity index is 91.7. The van der Waals surface area contributed by atoms with E-state index in [1.165, 1.54) is 0 Å². The SMILES string of the molecule is [NH3+][C@H]1COC(=O)C1. The second kappa shape index (κ2) is 1.50. The molecule has 1 atom stereocenters. The second-order valence-corrected chi connectivity index (χ2v) is 1.75. The Morgan fingerprint density at radius 2 is 2.57 bits per heavy atom. The number of rotatable bonds is 0. The van der Waals surface area contributed by atoms with Crippen LogP contribution >= 0.6 is 0 Å². The Morgan fingerprint density at radius 3 is 2.71 bits per heavy atom. The van der Waals surface area contributed by atoms with Gasteiger partial charge in [0.25, 0.3) is 0 Å². The second-order valence-electron chi connectivity index (χ2n) is 1.75. The summed E-state index contributed by atoms with van der Waals surface area (Å²) in [6.45, 7) is 0.513. The van der Waals surface area contributed by atoms with Crippen LogP contribution < -0.4 is 5.73 Å². The first-order valence-corrected chi connectivity index (χ1v) is 2.28. The smallest absolute Gasteiger partial charge is 0.312 e. The molecule has 0 aromatic heterocycles. The zero-order chi connectivity index (χ0) is 5.28. The van der Waals surface area contributed by atoms with Gasteiger partial charge in [0.15, 0.2) is 0 Å². The third kappa shape index (κ3) is 0.899. The lowest BCUT2D eigenvalue weighted by Crippen LogP contribution is -2.61. The molecule has 3 N–H and O–H groups in total. The van der Waals surface area contributed by atoms with Gasteiger partial charge in [0.05, 0.1) is 0 Å². The fourth-order valence-corrected chi connectivity index (χ4v) is 0.564. The molecule has 0 spiro atoms. The van der Waals surface area contributed by atoms with E-state index in [0.717, 1.165) is 0 Å². The molecule has 1 saturated heterocycles. The van der Waals surface area contributed by atoms with Gasteiger partial charge in [0.1, 0.15) is 19.1 Å². The standard InChI is InChI=1S/C4H7NO2/c5-3-1-4(6)7-2-3/h3H,1-2,5H2/p+1/t3-/m1/s1. The summed E-state index contributed by atoms with van der Waals surface area (Å²) in [5, 5.41) is 0. The molecule has 0 aliphatic carbocycles. The Kier molecular flexibility index (Phi) is 0.982. The van der Waals surface area contributed by atoms with Crippen LogP contribution in [0, 0.1) is 0 Å². The van der Waals surface area contributed by atoms with E-state index in [4.69, 9.17) is 0 Å². The number of ether oxygens (including phenoxy) is 1. The summed E-state index contributed by atoms with van der Waals surface area (Å²) in [4.78, 5) is 10.2. The number of hydrogen-bond donors (Lipinski definition) is 1. The number of quaternary nitrogens is 1. The van der Waals surface area contributed by atoms with Crippen LogP contribution in [0.4, 0.5) is 0 Å². The van der Waals surface area contributed by atoms with E-state index in [0.29, 0.717) is 13.0 Å². The first-order valence-electron chi connectivity index (χ1n) is 2.28. The van der Waals surface area contributed by atoms with Gasteiger partial charge in [-0.1, -0.05) is 0 Å². The van der Waals surface area contributed by atoms with Crippen LogP contribution in [0.15, 0.2) is 0 Å². The Balaban J connectivity index is 2.40. The zero-order valence-electron chi connectivity index (χ0n) is 4.02. The molecule has 1 aliphatic rings. The molecule has 1 heterocycles. The third-order valence-electron chi connectivity index (χ3n) is 0.935. The molecule has 1 fully saturated rings. The number of hydrogen-bond acceptors (Lipinski definition) is 2. The van der Waals surface area contributed by atoms with Crippen LogP contribution in [-0.2, 0) is 9.53 Å². The van der Waals surface area contributed by atoms with E-state index in [-0.39, 0.29) is 12.0 Å². The summed E-state index contributed by atoms with van der Waals surface area (Å²) in [6.07, 6.45) is 0.500. The fraction of sp³-hybridized carbons (Fsp3) is 0.750. The lowest BCUT2D eigenvalue weighted by Gasteiger charge is -1.85. The molecule has 7 heavy (non-hydrogen) atoms. The molecule has 0 unspecified atom stereocenters. The molecule has 40 valence electrons. The van der Waals surface area contributed by atoms with Crippen molar-refractivity contribution in [1.29, 1.82) is 0 Å². The van der Waals surface area contributed by atoms with Crippen molar-refractivity contribution in [3.05, 3.63) is 0 Å². The van der Waals surface area contributed by atoms with Gasteiger partial charge in [-0.3, -0.25) is 4.79 Å². The number of carbonyl (C=O) groups is 1. The zero-order valence-corrected chi connectivity index (χ0v) is 4.02. The molecular formula is C4H8NO2+. The first-order chi connectivity index (χ1) is 3.29. The molecule has 1 rings (SSSR count). The first kappa shape index (κ1) is 4.59. The molecule has 0 aromatic rings. The van der Waals surface area contributed by atoms with E-state index >= 15 is 0 Å². The Labute approximate surface area is 41.4 Å². The van der Waals surface area contributed by atoms with Crippen molar-refractivity contribution in [2.45, 2.75) is 12.5 Å². The average molecular weight is 102 g/mol. The average Bonchev–Trinajstić information content (AvgIpc) is 1.87. The lowest BCUT2D eigenvalue weighted by atomic mass is 10.3. The van der Waals surface area contributed by atoms with Crippen LogP contribution in [0.1, 0.15) is 6.42 Å². The van der Waals surface area contributed by atoms with Gasteiger partial charge < -0.3 is 10.5 Å². The predicted octanol–water partition coefficient (Wildman–Crippen LogP) is -1.46. The molecule has 3 heteroatoms. The molecule has 0 saturated carbocycles. The topological polar surface area (TPSA) is 53.9 Å². The molecular weight excluding hydrogens is 94.0 g/mol. The summed E-state index contributed by atoms with van der Waals surface area (Å²) < 4.78 is 4.56. The van der Waals surface area contributed by atoms with Gasteiger partial charge >= 0.3 is 5.97 Å². The third-order valence-corrected chi connectivity index (χ3v) is 0.935. The van der Waals surface area contributed by atoms with Crippen LogP contribution in [0.2, 0.25) is 0 Å². The highest BCUT2D eigenvalue weighted by Gasteiger charge is 2.22. The van der Waals surface area contributed by atoms with Crippen molar-refractivity contribution in [3.63, 3.8) is 0 Å². The highest BCUT2D eigenvalue weighted by Crippen LogP contribution is 1.99. The van der Waals surface area contributed by atoms with E-state index in [9.17, 15) is 4.79 Å². The minimum atomic E-state index is -0.111. The maximum Gasteiger partial charge on any atom is 0.312 e. The maximum absolute atomic E-state index is 10.2. The van der Waals surface area contributed by atoms with Crippen molar-refractivity contribution < 1.29 is 15.3 Å². The highest BCUT2D eigenvalue weighted by molar-refractivity contribution is 5.71. The maximum atomic E-state index is 10.2. The molecule has 0 bridgehead atoms. The summed E-state index contributed by atoms with van der Waals surface area (Å²) in [5.41, 5.74) is 3.64. The summed E-state index contributed by atoms with van der Waals surface area (Å²) in [5.74, 6) is -0.111. The normalized spacial score (nSPS) is 30.4. The largest absolute Gasteiger partial charge is 0.459 e. The van der Waals surface area contributed by atoms with Crippen LogP contribution in [0.25, 0.3) is 0 Å². The van der Waals surface area contributed by atoms with Crippen molar-refractivity contribution in [3.8, 4) is 0 Å². The molecule has 0 aromatic carbocycles. The highest BCUT2D eigenvalue weighted by atomic mass is 16.5. The lowest BCUT2D eigenvalue weighted by molar-refractivity contribution is -0.416. The minimum absolute atomic E-state index is 0.111. The Morgan fingerprint density at radius 1 is 1.86 bits per heavy atom. The van der Waals surface area contributed by atoms with Gasteiger partial charge in [-0.25, -0.2) is 0 Å².